The summed E-state index contributed by atoms with van der Waals surface area (Å²) in [7, 11) is -2.79. The number of aliphatic imine (C=N–C) groups is 1. The molecule has 29 heavy (non-hydrogen) atoms. The van der Waals surface area contributed by atoms with Gasteiger partial charge in [0.05, 0.1) is 26.1 Å². The molecule has 0 unspecified atom stereocenters. The molecule has 0 saturated carbocycles. The summed E-state index contributed by atoms with van der Waals surface area (Å²) in [5.74, 6) is -0.856. The predicted octanol–water partition coefficient (Wildman–Crippen LogP) is 5.01. The van der Waals surface area contributed by atoms with Crippen LogP contribution in [-0.2, 0) is 24.8 Å². The van der Waals surface area contributed by atoms with Gasteiger partial charge in [0.15, 0.2) is 0 Å². The SMILES string of the molecule is CC(C)(C)OC(=O)CC1=N[C@](C)(c2cc(Br)ccc2F)[C@@H]2CCN=[S@]2(=O)C1(C)C. The van der Waals surface area contributed by atoms with Crippen LogP contribution in [0.25, 0.3) is 0 Å². The summed E-state index contributed by atoms with van der Waals surface area (Å²) in [6.45, 7) is 11.3. The van der Waals surface area contributed by atoms with Gasteiger partial charge in [-0.1, -0.05) is 15.9 Å². The monoisotopic (exact) mass is 486 g/mol. The first-order chi connectivity index (χ1) is 13.2. The Hall–Kier alpha value is -1.28. The van der Waals surface area contributed by atoms with E-state index in [0.717, 1.165) is 0 Å². The molecule has 0 spiro atoms. The first kappa shape index (κ1) is 22.4. The van der Waals surface area contributed by atoms with Crippen molar-refractivity contribution in [3.63, 3.8) is 0 Å². The van der Waals surface area contributed by atoms with Crippen LogP contribution in [0.1, 0.15) is 59.9 Å². The van der Waals surface area contributed by atoms with Crippen molar-refractivity contribution >= 4 is 37.3 Å². The Bertz CT molecular complexity index is 1010. The highest BCUT2D eigenvalue weighted by molar-refractivity contribution is 9.10. The zero-order chi connectivity index (χ0) is 21.8. The number of ether oxygens (including phenoxy) is 1. The molecule has 0 radical (unpaired) electrons. The molecule has 2 aliphatic rings. The van der Waals surface area contributed by atoms with Gasteiger partial charge in [-0.2, -0.15) is 0 Å². The van der Waals surface area contributed by atoms with Gasteiger partial charge >= 0.3 is 5.97 Å². The van der Waals surface area contributed by atoms with E-state index in [1.54, 1.807) is 39.8 Å². The molecule has 1 aromatic rings. The second-order valence-electron chi connectivity index (χ2n) is 9.30. The number of rotatable bonds is 3. The molecule has 5 nitrogen and oxygen atoms in total. The molecule has 1 aromatic carbocycles. The van der Waals surface area contributed by atoms with E-state index in [2.05, 4.69) is 20.3 Å². The van der Waals surface area contributed by atoms with Crippen molar-refractivity contribution in [2.24, 2.45) is 9.36 Å². The Morgan fingerprint density at radius 1 is 1.34 bits per heavy atom. The normalized spacial score (nSPS) is 30.9. The lowest BCUT2D eigenvalue weighted by molar-refractivity contribution is -0.153. The van der Waals surface area contributed by atoms with Gasteiger partial charge < -0.3 is 4.74 Å². The van der Waals surface area contributed by atoms with Gasteiger partial charge in [0.25, 0.3) is 0 Å². The van der Waals surface area contributed by atoms with Crippen LogP contribution in [-0.4, -0.2) is 38.0 Å². The molecule has 0 aromatic heterocycles. The number of carbonyl (C=O) groups is 1. The molecular formula is C21H28BrFN2O3S. The molecule has 0 aliphatic carbocycles. The average molecular weight is 487 g/mol. The van der Waals surface area contributed by atoms with Gasteiger partial charge in [-0.05, 0) is 66.2 Å². The van der Waals surface area contributed by atoms with E-state index in [9.17, 15) is 13.4 Å². The Morgan fingerprint density at radius 3 is 2.62 bits per heavy atom. The summed E-state index contributed by atoms with van der Waals surface area (Å²) in [6.07, 6.45) is 0.461. The minimum Gasteiger partial charge on any atom is -0.460 e. The molecular weight excluding hydrogens is 459 g/mol. The number of esters is 1. The van der Waals surface area contributed by atoms with Crippen molar-refractivity contribution in [1.29, 1.82) is 0 Å². The summed E-state index contributed by atoms with van der Waals surface area (Å²) < 4.78 is 38.8. The van der Waals surface area contributed by atoms with Crippen molar-refractivity contribution in [1.82, 2.24) is 0 Å². The standard InChI is InChI=1S/C21H28BrFN2O3S/c1-19(2,3)28-18(26)12-16-20(4,5)29(27)17(9-10-24-29)21(6,25-16)14-11-13(22)7-8-15(14)23/h7-8,11,17H,9-10,12H2,1-6H3/t17-,21+,29+/m0/s1. The van der Waals surface area contributed by atoms with Gasteiger partial charge in [0.1, 0.15) is 17.0 Å². The van der Waals surface area contributed by atoms with Crippen LogP contribution >= 0.6 is 15.9 Å². The van der Waals surface area contributed by atoms with E-state index >= 15 is 0 Å². The Balaban J connectivity index is 2.18. The van der Waals surface area contributed by atoms with Crippen LogP contribution < -0.4 is 0 Å². The maximum atomic E-state index is 14.9. The molecule has 160 valence electrons. The highest BCUT2D eigenvalue weighted by Crippen LogP contribution is 2.49. The van der Waals surface area contributed by atoms with E-state index < -0.39 is 42.7 Å². The summed E-state index contributed by atoms with van der Waals surface area (Å²) >= 11 is 3.40. The van der Waals surface area contributed by atoms with E-state index in [0.29, 0.717) is 28.7 Å². The smallest absolute Gasteiger partial charge is 0.312 e. The number of halogens is 2. The van der Waals surface area contributed by atoms with Crippen LogP contribution in [0.15, 0.2) is 32.0 Å². The van der Waals surface area contributed by atoms with Crippen molar-refractivity contribution in [3.05, 3.63) is 34.1 Å². The van der Waals surface area contributed by atoms with E-state index in [1.165, 1.54) is 6.07 Å². The van der Waals surface area contributed by atoms with Crippen LogP contribution in [0.5, 0.6) is 0 Å². The molecule has 0 bridgehead atoms. The molecule has 3 rings (SSSR count). The summed E-state index contributed by atoms with van der Waals surface area (Å²) in [5, 5.41) is -0.434. The van der Waals surface area contributed by atoms with Gasteiger partial charge in [0.2, 0.25) is 0 Å². The molecule has 3 atom stereocenters. The first-order valence-corrected chi connectivity index (χ1v) is 12.1. The van der Waals surface area contributed by atoms with Crippen LogP contribution in [0.2, 0.25) is 0 Å². The lowest BCUT2D eigenvalue weighted by Crippen LogP contribution is -2.56. The molecule has 8 heteroatoms. The quantitative estimate of drug-likeness (QED) is 0.563. The molecule has 2 aliphatic heterocycles. The fourth-order valence-corrected chi connectivity index (χ4v) is 7.84. The Kier molecular flexibility index (Phi) is 5.52. The Morgan fingerprint density at radius 2 is 2.00 bits per heavy atom. The minimum absolute atomic E-state index is 0.102. The largest absolute Gasteiger partial charge is 0.460 e. The zero-order valence-electron chi connectivity index (χ0n) is 17.7. The zero-order valence-corrected chi connectivity index (χ0v) is 20.1. The van der Waals surface area contributed by atoms with Gasteiger partial charge in [-0.15, -0.1) is 0 Å². The van der Waals surface area contributed by atoms with E-state index in [4.69, 9.17) is 9.73 Å². The first-order valence-electron chi connectivity index (χ1n) is 9.68. The summed E-state index contributed by atoms with van der Waals surface area (Å²) in [4.78, 5) is 17.5. The van der Waals surface area contributed by atoms with Crippen molar-refractivity contribution in [2.75, 3.05) is 6.54 Å². The fraction of sp³-hybridized carbons (Fsp3) is 0.619. The van der Waals surface area contributed by atoms with E-state index in [-0.39, 0.29) is 6.42 Å². The molecule has 2 heterocycles. The number of carbonyl (C=O) groups excluding carboxylic acids is 1. The van der Waals surface area contributed by atoms with Crippen molar-refractivity contribution < 1.29 is 18.1 Å². The van der Waals surface area contributed by atoms with Gasteiger partial charge in [-0.25, -0.2) is 13.0 Å². The third-order valence-electron chi connectivity index (χ3n) is 5.69. The summed E-state index contributed by atoms with van der Waals surface area (Å²) in [6, 6.07) is 4.68. The van der Waals surface area contributed by atoms with Crippen molar-refractivity contribution in [2.45, 2.75) is 75.5 Å². The van der Waals surface area contributed by atoms with Gasteiger partial charge in [0, 0.05) is 22.3 Å². The highest BCUT2D eigenvalue weighted by atomic mass is 79.9. The number of benzene rings is 1. The Labute approximate surface area is 180 Å². The van der Waals surface area contributed by atoms with Crippen LogP contribution in [0.3, 0.4) is 0 Å². The lowest BCUT2D eigenvalue weighted by Gasteiger charge is -2.45. The van der Waals surface area contributed by atoms with E-state index in [1.807, 2.05) is 13.8 Å². The fourth-order valence-electron chi connectivity index (χ4n) is 4.21. The number of hydrogen-bond donors (Lipinski definition) is 0. The summed E-state index contributed by atoms with van der Waals surface area (Å²) in [5.41, 5.74) is -0.921. The maximum absolute atomic E-state index is 14.9. The minimum atomic E-state index is -2.79. The molecule has 0 N–H and O–H groups in total. The molecule has 0 amide bonds. The average Bonchev–Trinajstić information content (AvgIpc) is 2.98. The second-order valence-corrected chi connectivity index (χ2v) is 13.2. The predicted molar refractivity (Wildman–Crippen MR) is 117 cm³/mol. The highest BCUT2D eigenvalue weighted by Gasteiger charge is 2.57. The maximum Gasteiger partial charge on any atom is 0.312 e. The lowest BCUT2D eigenvalue weighted by atomic mass is 9.85. The van der Waals surface area contributed by atoms with Crippen LogP contribution in [0, 0.1) is 5.82 Å². The number of nitrogens with zero attached hydrogens (tertiary/aromatic N) is 2. The van der Waals surface area contributed by atoms with Crippen molar-refractivity contribution in [3.8, 4) is 0 Å². The van der Waals surface area contributed by atoms with Crippen LogP contribution in [0.4, 0.5) is 4.39 Å². The third kappa shape index (κ3) is 3.78. The third-order valence-corrected chi connectivity index (χ3v) is 9.91. The number of fused-ring (bicyclic) bond motifs is 1. The molecule has 0 saturated heterocycles. The topological polar surface area (TPSA) is 68.1 Å². The molecule has 0 fully saturated rings. The number of hydrogen-bond acceptors (Lipinski definition) is 5. The van der Waals surface area contributed by atoms with Gasteiger partial charge in [-0.3, -0.25) is 9.79 Å². The second kappa shape index (κ2) is 7.15.